The standard InChI is InChI=1S/C17H28N4O.ClH/c1-13(2)7-10-20(14-5-6-14)17(22)16-8-11-21(19-16)15-4-3-9-18-12-15;/h8,11,13-15,18H,3-7,9-10,12H2,1-2H3;1H. The van der Waals surface area contributed by atoms with Crippen LogP contribution in [0.5, 0.6) is 0 Å². The molecule has 2 fully saturated rings. The van der Waals surface area contributed by atoms with Crippen LogP contribution in [-0.4, -0.2) is 46.3 Å². The Morgan fingerprint density at radius 3 is 2.83 bits per heavy atom. The molecule has 2 heterocycles. The lowest BCUT2D eigenvalue weighted by Gasteiger charge is -2.24. The minimum absolute atomic E-state index is 0. The van der Waals surface area contributed by atoms with E-state index in [2.05, 4.69) is 24.3 Å². The summed E-state index contributed by atoms with van der Waals surface area (Å²) in [6.07, 6.45) is 7.65. The first-order valence-corrected chi connectivity index (χ1v) is 8.72. The van der Waals surface area contributed by atoms with Gasteiger partial charge in [-0.3, -0.25) is 9.48 Å². The van der Waals surface area contributed by atoms with Crippen molar-refractivity contribution < 1.29 is 4.79 Å². The smallest absolute Gasteiger partial charge is 0.274 e. The molecule has 0 bridgehead atoms. The first-order valence-electron chi connectivity index (χ1n) is 8.72. The number of rotatable bonds is 6. The molecular formula is C17H29ClN4O. The highest BCUT2D eigenvalue weighted by atomic mass is 35.5. The van der Waals surface area contributed by atoms with Crippen molar-refractivity contribution in [3.05, 3.63) is 18.0 Å². The van der Waals surface area contributed by atoms with Gasteiger partial charge in [0.25, 0.3) is 5.91 Å². The summed E-state index contributed by atoms with van der Waals surface area (Å²) in [6, 6.07) is 2.73. The summed E-state index contributed by atoms with van der Waals surface area (Å²) in [5.41, 5.74) is 0.612. The zero-order valence-corrected chi connectivity index (χ0v) is 15.0. The fourth-order valence-corrected chi connectivity index (χ4v) is 3.10. The largest absolute Gasteiger partial charge is 0.334 e. The van der Waals surface area contributed by atoms with Crippen molar-refractivity contribution in [2.24, 2.45) is 5.92 Å². The number of nitrogens with zero attached hydrogens (tertiary/aromatic N) is 3. The van der Waals surface area contributed by atoms with Gasteiger partial charge in [-0.05, 0) is 50.6 Å². The van der Waals surface area contributed by atoms with E-state index in [0.717, 1.165) is 45.3 Å². The number of amides is 1. The van der Waals surface area contributed by atoms with Crippen molar-refractivity contribution >= 4 is 18.3 Å². The minimum Gasteiger partial charge on any atom is -0.334 e. The summed E-state index contributed by atoms with van der Waals surface area (Å²) in [4.78, 5) is 14.8. The number of aromatic nitrogens is 2. The predicted molar refractivity (Wildman–Crippen MR) is 94.1 cm³/mol. The molecule has 23 heavy (non-hydrogen) atoms. The van der Waals surface area contributed by atoms with Crippen molar-refractivity contribution in [1.29, 1.82) is 0 Å². The highest BCUT2D eigenvalue weighted by molar-refractivity contribution is 5.92. The third-order valence-corrected chi connectivity index (χ3v) is 4.67. The molecular weight excluding hydrogens is 312 g/mol. The molecule has 1 unspecified atom stereocenters. The van der Waals surface area contributed by atoms with Gasteiger partial charge in [0, 0.05) is 25.3 Å². The second kappa shape index (κ2) is 8.15. The zero-order valence-electron chi connectivity index (χ0n) is 14.2. The van der Waals surface area contributed by atoms with E-state index in [1.807, 2.05) is 21.8 Å². The second-order valence-corrected chi connectivity index (χ2v) is 7.09. The van der Waals surface area contributed by atoms with Gasteiger partial charge in [0.2, 0.25) is 0 Å². The third-order valence-electron chi connectivity index (χ3n) is 4.67. The lowest BCUT2D eigenvalue weighted by molar-refractivity contribution is 0.0728. The van der Waals surface area contributed by atoms with Gasteiger partial charge in [0.1, 0.15) is 5.69 Å². The fraction of sp³-hybridized carbons (Fsp3) is 0.765. The summed E-state index contributed by atoms with van der Waals surface area (Å²) < 4.78 is 1.98. The van der Waals surface area contributed by atoms with Gasteiger partial charge in [-0.2, -0.15) is 5.10 Å². The summed E-state index contributed by atoms with van der Waals surface area (Å²) in [6.45, 7) is 7.32. The van der Waals surface area contributed by atoms with Crippen LogP contribution in [0.4, 0.5) is 0 Å². The number of nitrogens with one attached hydrogen (secondary N) is 1. The molecule has 0 spiro atoms. The van der Waals surface area contributed by atoms with Gasteiger partial charge in [-0.1, -0.05) is 13.8 Å². The molecule has 1 aromatic rings. The van der Waals surface area contributed by atoms with E-state index in [4.69, 9.17) is 0 Å². The first-order chi connectivity index (χ1) is 10.6. The lowest BCUT2D eigenvalue weighted by atomic mass is 10.1. The quantitative estimate of drug-likeness (QED) is 0.866. The van der Waals surface area contributed by atoms with Crippen LogP contribution in [0.2, 0.25) is 0 Å². The Morgan fingerprint density at radius 2 is 2.22 bits per heavy atom. The van der Waals surface area contributed by atoms with E-state index in [9.17, 15) is 4.79 Å². The van der Waals surface area contributed by atoms with Crippen molar-refractivity contribution in [2.75, 3.05) is 19.6 Å². The van der Waals surface area contributed by atoms with Crippen LogP contribution in [-0.2, 0) is 0 Å². The highest BCUT2D eigenvalue weighted by Crippen LogP contribution is 2.29. The number of carbonyl (C=O) groups excluding carboxylic acids is 1. The number of halogens is 1. The Balaban J connectivity index is 0.00000192. The molecule has 1 saturated heterocycles. The van der Waals surface area contributed by atoms with E-state index >= 15 is 0 Å². The molecule has 0 aromatic carbocycles. The van der Waals surface area contributed by atoms with E-state index in [1.54, 1.807) is 0 Å². The van der Waals surface area contributed by atoms with Gasteiger partial charge in [-0.15, -0.1) is 12.4 Å². The maximum Gasteiger partial charge on any atom is 0.274 e. The molecule has 5 nitrogen and oxygen atoms in total. The summed E-state index contributed by atoms with van der Waals surface area (Å²) in [5, 5.41) is 7.98. The second-order valence-electron chi connectivity index (χ2n) is 7.09. The van der Waals surface area contributed by atoms with E-state index in [0.29, 0.717) is 23.7 Å². The van der Waals surface area contributed by atoms with Crippen LogP contribution in [0.3, 0.4) is 0 Å². The van der Waals surface area contributed by atoms with Crippen molar-refractivity contribution in [1.82, 2.24) is 20.0 Å². The van der Waals surface area contributed by atoms with Gasteiger partial charge in [0.05, 0.1) is 6.04 Å². The van der Waals surface area contributed by atoms with Crippen molar-refractivity contribution in [2.45, 2.75) is 58.0 Å². The van der Waals surface area contributed by atoms with Crippen LogP contribution < -0.4 is 5.32 Å². The SMILES string of the molecule is CC(C)CCN(C(=O)c1ccn(C2CCCNC2)n1)C1CC1.Cl. The minimum atomic E-state index is 0. The van der Waals surface area contributed by atoms with E-state index in [-0.39, 0.29) is 18.3 Å². The average Bonchev–Trinajstić information content (AvgIpc) is 3.23. The molecule has 130 valence electrons. The third kappa shape index (κ3) is 4.70. The number of hydrogen-bond acceptors (Lipinski definition) is 3. The van der Waals surface area contributed by atoms with Crippen LogP contribution in [0, 0.1) is 5.92 Å². The Kier molecular flexibility index (Phi) is 6.48. The molecule has 1 aromatic heterocycles. The van der Waals surface area contributed by atoms with Gasteiger partial charge in [-0.25, -0.2) is 0 Å². The number of piperidine rings is 1. The molecule has 1 amide bonds. The Hall–Kier alpha value is -1.07. The number of carbonyl (C=O) groups is 1. The van der Waals surface area contributed by atoms with Gasteiger partial charge in [0.15, 0.2) is 0 Å². The van der Waals surface area contributed by atoms with Crippen LogP contribution in [0.25, 0.3) is 0 Å². The first kappa shape index (κ1) is 18.3. The van der Waals surface area contributed by atoms with Gasteiger partial charge >= 0.3 is 0 Å². The molecule has 1 aliphatic carbocycles. The molecule has 2 aliphatic rings. The maximum absolute atomic E-state index is 12.8. The summed E-state index contributed by atoms with van der Waals surface area (Å²) >= 11 is 0. The normalized spacial score (nSPS) is 21.1. The highest BCUT2D eigenvalue weighted by Gasteiger charge is 2.33. The van der Waals surface area contributed by atoms with Crippen molar-refractivity contribution in [3.8, 4) is 0 Å². The molecule has 0 radical (unpaired) electrons. The van der Waals surface area contributed by atoms with E-state index < -0.39 is 0 Å². The monoisotopic (exact) mass is 340 g/mol. The Labute approximate surface area is 145 Å². The Bertz CT molecular complexity index is 506. The van der Waals surface area contributed by atoms with Crippen LogP contribution >= 0.6 is 12.4 Å². The summed E-state index contributed by atoms with van der Waals surface area (Å²) in [5.74, 6) is 0.741. The molecule has 1 aliphatic heterocycles. The molecule has 1 atom stereocenters. The van der Waals surface area contributed by atoms with Gasteiger partial charge < -0.3 is 10.2 Å². The predicted octanol–water partition coefficient (Wildman–Crippen LogP) is 2.88. The topological polar surface area (TPSA) is 50.2 Å². The summed E-state index contributed by atoms with van der Waals surface area (Å²) in [7, 11) is 0. The molecule has 6 heteroatoms. The van der Waals surface area contributed by atoms with E-state index in [1.165, 1.54) is 6.42 Å². The van der Waals surface area contributed by atoms with Crippen LogP contribution in [0.1, 0.15) is 62.5 Å². The van der Waals surface area contributed by atoms with Crippen molar-refractivity contribution in [3.63, 3.8) is 0 Å². The average molecular weight is 341 g/mol. The van der Waals surface area contributed by atoms with Crippen LogP contribution in [0.15, 0.2) is 12.3 Å². The molecule has 1 N–H and O–H groups in total. The fourth-order valence-electron chi connectivity index (χ4n) is 3.10. The lowest BCUT2D eigenvalue weighted by Crippen LogP contribution is -2.35. The molecule has 1 saturated carbocycles. The Morgan fingerprint density at radius 1 is 1.43 bits per heavy atom. The zero-order chi connectivity index (χ0) is 15.5. The number of hydrogen-bond donors (Lipinski definition) is 1. The molecule has 3 rings (SSSR count). The maximum atomic E-state index is 12.8.